The molecule has 9 aromatic carbocycles. The van der Waals surface area contributed by atoms with Crippen molar-refractivity contribution in [3.05, 3.63) is 221 Å². The van der Waals surface area contributed by atoms with Crippen molar-refractivity contribution >= 4 is 67.8 Å². The Morgan fingerprint density at radius 1 is 0.409 bits per heavy atom. The predicted molar refractivity (Wildman–Crippen MR) is 278 cm³/mol. The Bertz CT molecular complexity index is 3630. The van der Waals surface area contributed by atoms with Gasteiger partial charge in [0.1, 0.15) is 11.2 Å². The minimum absolute atomic E-state index is 0.0470. The van der Waals surface area contributed by atoms with Gasteiger partial charge in [-0.3, -0.25) is 0 Å². The fraction of sp³-hybridized carbons (Fsp3) is 0.143. The lowest BCUT2D eigenvalue weighted by Gasteiger charge is -2.46. The largest absolute Gasteiger partial charge is 0.456 e. The normalized spacial score (nSPS) is 15.3. The number of para-hydroxylation sites is 2. The van der Waals surface area contributed by atoms with Crippen molar-refractivity contribution in [2.75, 3.05) is 4.90 Å². The smallest absolute Gasteiger partial charge is 0.182 e. The van der Waals surface area contributed by atoms with E-state index >= 15 is 0 Å². The first-order valence-electron chi connectivity index (χ1n) is 23.6. The van der Waals surface area contributed by atoms with Gasteiger partial charge in [-0.15, -0.1) is 0 Å². The average Bonchev–Trinajstić information content (AvgIpc) is 4.04. The van der Waals surface area contributed by atoms with E-state index in [0.29, 0.717) is 0 Å². The zero-order valence-electron chi connectivity index (χ0n) is 38.3. The van der Waals surface area contributed by atoms with E-state index in [0.717, 1.165) is 21.9 Å². The number of fused-ring (bicyclic) bond motifs is 23. The molecule has 1 aliphatic carbocycles. The first kappa shape index (κ1) is 38.1. The van der Waals surface area contributed by atoms with Crippen molar-refractivity contribution in [1.82, 2.24) is 0 Å². The van der Waals surface area contributed by atoms with Crippen LogP contribution in [0.4, 0.5) is 17.1 Å². The lowest BCUT2D eigenvalue weighted by atomic mass is 9.63. The van der Waals surface area contributed by atoms with Crippen LogP contribution in [-0.4, -0.2) is 8.07 Å². The molecule has 2 nitrogen and oxygen atoms in total. The van der Waals surface area contributed by atoms with Gasteiger partial charge < -0.3 is 9.32 Å². The molecular formula is C63H49NOSi. The third-order valence-electron chi connectivity index (χ3n) is 15.8. The Labute approximate surface area is 387 Å². The van der Waals surface area contributed by atoms with Crippen LogP contribution in [0.15, 0.2) is 192 Å². The Balaban J connectivity index is 1.13. The molecule has 0 atom stereocenters. The highest BCUT2D eigenvalue weighted by molar-refractivity contribution is 7.24. The maximum absolute atomic E-state index is 6.86. The van der Waals surface area contributed by atoms with Gasteiger partial charge in [0.05, 0.1) is 22.2 Å². The Hall–Kier alpha value is -7.20. The lowest BCUT2D eigenvalue weighted by molar-refractivity contribution is 0.586. The highest BCUT2D eigenvalue weighted by Gasteiger charge is 2.56. The summed E-state index contributed by atoms with van der Waals surface area (Å²) in [7, 11) is -2.73. The summed E-state index contributed by atoms with van der Waals surface area (Å²) in [5, 5.41) is 8.20. The van der Waals surface area contributed by atoms with Crippen molar-refractivity contribution in [3.8, 4) is 33.4 Å². The van der Waals surface area contributed by atoms with E-state index in [1.165, 1.54) is 105 Å². The van der Waals surface area contributed by atoms with Crippen LogP contribution in [0.3, 0.4) is 0 Å². The van der Waals surface area contributed by atoms with Crippen LogP contribution in [0.5, 0.6) is 0 Å². The number of nitrogens with zero attached hydrogens (tertiary/aromatic N) is 1. The molecule has 3 aliphatic heterocycles. The van der Waals surface area contributed by atoms with E-state index in [2.05, 4.69) is 234 Å². The fourth-order valence-electron chi connectivity index (χ4n) is 12.9. The molecule has 0 fully saturated rings. The van der Waals surface area contributed by atoms with Crippen molar-refractivity contribution in [2.45, 2.75) is 57.8 Å². The van der Waals surface area contributed by atoms with Crippen LogP contribution < -0.4 is 25.6 Å². The van der Waals surface area contributed by atoms with Gasteiger partial charge in [0.2, 0.25) is 0 Å². The average molecular weight is 864 g/mol. The Kier molecular flexibility index (Phi) is 7.38. The number of benzene rings is 9. The first-order valence-corrected chi connectivity index (χ1v) is 25.6. The third-order valence-corrected chi connectivity index (χ3v) is 20.8. The SMILES string of the molecule is CC(C)(C)c1ccc2c(c1)C1(c3cc(C(C)(C)C)ccc3-2)c2ccccc2N(c2ccc3c(c2)[Si]2(c4ccccc4-c4ccccc42)c2ccccc2-3)c2c1ccc1oc3ccccc3c21. The van der Waals surface area contributed by atoms with E-state index in [-0.39, 0.29) is 10.8 Å². The zero-order chi connectivity index (χ0) is 44.5. The van der Waals surface area contributed by atoms with Gasteiger partial charge in [-0.25, -0.2) is 0 Å². The molecule has 0 amide bonds. The minimum atomic E-state index is -2.73. The summed E-state index contributed by atoms with van der Waals surface area (Å²) < 4.78 is 6.86. The summed E-state index contributed by atoms with van der Waals surface area (Å²) in [6.07, 6.45) is 0. The molecule has 2 spiro atoms. The first-order chi connectivity index (χ1) is 32.0. The van der Waals surface area contributed by atoms with Gasteiger partial charge >= 0.3 is 0 Å². The van der Waals surface area contributed by atoms with E-state index in [9.17, 15) is 0 Å². The summed E-state index contributed by atoms with van der Waals surface area (Å²) >= 11 is 0. The predicted octanol–water partition coefficient (Wildman–Crippen LogP) is 13.7. The van der Waals surface area contributed by atoms with Gasteiger partial charge in [-0.1, -0.05) is 199 Å². The van der Waals surface area contributed by atoms with Gasteiger partial charge in [0.25, 0.3) is 0 Å². The van der Waals surface area contributed by atoms with E-state index in [1.54, 1.807) is 0 Å². The molecule has 316 valence electrons. The molecule has 3 heteroatoms. The Morgan fingerprint density at radius 2 is 0.924 bits per heavy atom. The molecule has 0 bridgehead atoms. The van der Waals surface area contributed by atoms with E-state index in [4.69, 9.17) is 4.42 Å². The molecule has 4 aliphatic rings. The van der Waals surface area contributed by atoms with Crippen molar-refractivity contribution < 1.29 is 4.42 Å². The summed E-state index contributed by atoms with van der Waals surface area (Å²) in [4.78, 5) is 2.62. The summed E-state index contributed by atoms with van der Waals surface area (Å²) in [6.45, 7) is 14.1. The maximum atomic E-state index is 6.86. The minimum Gasteiger partial charge on any atom is -0.456 e. The standard InChI is InChI=1S/C63H49NOSi/c1-61(2,3)38-27-30-41-42-31-28-39(62(4,5)6)36-51(42)63(50(41)35-38)48-21-11-12-22-52(48)64(60-49(63)33-34-54-59(60)47-20-7-13-23-53(47)65-54)40-29-32-46-45-19-10-16-26-57(45)66(58(46)37-40)55-24-14-8-17-43(55)44-18-9-15-25-56(44)66/h7-37H,1-6H3. The molecule has 0 N–H and O–H groups in total. The molecule has 10 aromatic rings. The van der Waals surface area contributed by atoms with Crippen LogP contribution in [0, 0.1) is 0 Å². The summed E-state index contributed by atoms with van der Waals surface area (Å²) in [5.41, 5.74) is 20.7. The van der Waals surface area contributed by atoms with E-state index in [1.807, 2.05) is 0 Å². The number of rotatable bonds is 1. The molecule has 0 saturated carbocycles. The summed E-state index contributed by atoms with van der Waals surface area (Å²) in [5.74, 6) is 0. The highest BCUT2D eigenvalue weighted by Crippen LogP contribution is 2.65. The van der Waals surface area contributed by atoms with Crippen molar-refractivity contribution in [3.63, 3.8) is 0 Å². The summed E-state index contributed by atoms with van der Waals surface area (Å²) in [6, 6.07) is 72.6. The fourth-order valence-corrected chi connectivity index (χ4v) is 18.5. The van der Waals surface area contributed by atoms with Crippen molar-refractivity contribution in [1.29, 1.82) is 0 Å². The lowest BCUT2D eigenvalue weighted by Crippen LogP contribution is -2.70. The van der Waals surface area contributed by atoms with Crippen LogP contribution in [0.25, 0.3) is 55.3 Å². The second-order valence-corrected chi connectivity index (χ2v) is 24.8. The molecule has 0 radical (unpaired) electrons. The van der Waals surface area contributed by atoms with Gasteiger partial charge in [0, 0.05) is 11.1 Å². The molecule has 0 unspecified atom stereocenters. The highest BCUT2D eigenvalue weighted by atomic mass is 28.3. The molecule has 0 saturated heterocycles. The number of anilines is 3. The number of hydrogen-bond acceptors (Lipinski definition) is 2. The van der Waals surface area contributed by atoms with E-state index < -0.39 is 13.5 Å². The second kappa shape index (κ2) is 12.8. The van der Waals surface area contributed by atoms with Crippen LogP contribution in [0.1, 0.15) is 74.9 Å². The molecule has 66 heavy (non-hydrogen) atoms. The second-order valence-electron chi connectivity index (χ2n) is 21.2. The van der Waals surface area contributed by atoms with Gasteiger partial charge in [-0.2, -0.15) is 0 Å². The Morgan fingerprint density at radius 3 is 1.53 bits per heavy atom. The molecule has 14 rings (SSSR count). The topological polar surface area (TPSA) is 16.4 Å². The number of furan rings is 1. The van der Waals surface area contributed by atoms with Gasteiger partial charge in [-0.05, 0) is 129 Å². The molecule has 4 heterocycles. The maximum Gasteiger partial charge on any atom is 0.182 e. The zero-order valence-corrected chi connectivity index (χ0v) is 39.3. The van der Waals surface area contributed by atoms with Crippen LogP contribution in [0.2, 0.25) is 0 Å². The van der Waals surface area contributed by atoms with Crippen LogP contribution >= 0.6 is 0 Å². The molecule has 1 aromatic heterocycles. The van der Waals surface area contributed by atoms with Crippen LogP contribution in [-0.2, 0) is 16.2 Å². The van der Waals surface area contributed by atoms with Crippen molar-refractivity contribution in [2.24, 2.45) is 0 Å². The number of hydrogen-bond donors (Lipinski definition) is 0. The quantitative estimate of drug-likeness (QED) is 0.153. The third kappa shape index (κ3) is 4.61. The monoisotopic (exact) mass is 863 g/mol. The van der Waals surface area contributed by atoms with Gasteiger partial charge in [0.15, 0.2) is 8.07 Å². The molecular weight excluding hydrogens is 815 g/mol.